The average molecular weight is 265 g/mol. The molecule has 0 saturated heterocycles. The first-order chi connectivity index (χ1) is 6.83. The van der Waals surface area contributed by atoms with Gasteiger partial charge in [-0.1, -0.05) is 12.2 Å². The van der Waals surface area contributed by atoms with Crippen LogP contribution in [0.5, 0.6) is 0 Å². The summed E-state index contributed by atoms with van der Waals surface area (Å²) < 4.78 is 25.9. The van der Waals surface area contributed by atoms with E-state index in [1.165, 1.54) is 6.20 Å². The second kappa shape index (κ2) is 4.52. The topological polar surface area (TPSA) is 85.1 Å². The molecule has 1 rings (SSSR count). The summed E-state index contributed by atoms with van der Waals surface area (Å²) in [7, 11) is -3.55. The van der Waals surface area contributed by atoms with Crippen molar-refractivity contribution in [1.82, 2.24) is 9.71 Å². The van der Waals surface area contributed by atoms with Crippen molar-refractivity contribution in [3.05, 3.63) is 11.2 Å². The lowest BCUT2D eigenvalue weighted by Gasteiger charge is -2.10. The Balaban J connectivity index is 2.90. The van der Waals surface area contributed by atoms with Crippen molar-refractivity contribution in [1.29, 1.82) is 0 Å². The number of aromatic nitrogens is 1. The highest BCUT2D eigenvalue weighted by Gasteiger charge is 2.20. The van der Waals surface area contributed by atoms with E-state index in [0.29, 0.717) is 5.01 Å². The molecule has 0 aliphatic carbocycles. The van der Waals surface area contributed by atoms with Gasteiger partial charge in [0.05, 0.1) is 22.2 Å². The molecule has 1 atom stereocenters. The van der Waals surface area contributed by atoms with Crippen LogP contribution in [0.25, 0.3) is 0 Å². The van der Waals surface area contributed by atoms with Gasteiger partial charge in [0.1, 0.15) is 0 Å². The van der Waals surface area contributed by atoms with Crippen molar-refractivity contribution in [3.8, 4) is 0 Å². The van der Waals surface area contributed by atoms with Crippen molar-refractivity contribution >= 4 is 38.6 Å². The van der Waals surface area contributed by atoms with E-state index in [1.807, 2.05) is 0 Å². The largest absolute Gasteiger partial charge is 0.392 e. The second-order valence-corrected chi connectivity index (χ2v) is 6.59. The van der Waals surface area contributed by atoms with Gasteiger partial charge in [-0.3, -0.25) is 0 Å². The number of thiocarbonyl (C=S) groups is 1. The summed E-state index contributed by atoms with van der Waals surface area (Å²) in [4.78, 5) is 3.98. The predicted octanol–water partition coefficient (Wildman–Crippen LogP) is 0.404. The molecular weight excluding hydrogens is 254 g/mol. The fraction of sp³-hybridized carbons (Fsp3) is 0.429. The van der Waals surface area contributed by atoms with Crippen LogP contribution in [0.2, 0.25) is 0 Å². The van der Waals surface area contributed by atoms with Gasteiger partial charge in [0.2, 0.25) is 0 Å². The van der Waals surface area contributed by atoms with E-state index < -0.39 is 16.1 Å². The molecule has 0 aromatic carbocycles. The molecule has 84 valence electrons. The summed E-state index contributed by atoms with van der Waals surface area (Å²) in [5.41, 5.74) is 5.32. The minimum atomic E-state index is -3.55. The van der Waals surface area contributed by atoms with Gasteiger partial charge in [0.15, 0.2) is 4.21 Å². The number of thiazole rings is 1. The van der Waals surface area contributed by atoms with Crippen LogP contribution in [0.15, 0.2) is 10.4 Å². The van der Waals surface area contributed by atoms with E-state index in [-0.39, 0.29) is 9.20 Å². The lowest BCUT2D eigenvalue weighted by Crippen LogP contribution is -2.40. The number of hydrogen-bond acceptors (Lipinski definition) is 5. The molecule has 0 radical (unpaired) electrons. The monoisotopic (exact) mass is 265 g/mol. The van der Waals surface area contributed by atoms with Gasteiger partial charge >= 0.3 is 0 Å². The van der Waals surface area contributed by atoms with E-state index >= 15 is 0 Å². The summed E-state index contributed by atoms with van der Waals surface area (Å²) in [6.07, 6.45) is 1.31. The molecule has 3 N–H and O–H groups in total. The third kappa shape index (κ3) is 3.20. The highest BCUT2D eigenvalue weighted by molar-refractivity contribution is 7.91. The summed E-state index contributed by atoms with van der Waals surface area (Å²) >= 11 is 5.78. The maximum atomic E-state index is 11.7. The Hall–Kier alpha value is -0.570. The van der Waals surface area contributed by atoms with E-state index in [2.05, 4.69) is 21.9 Å². The number of nitrogens with zero attached hydrogens (tertiary/aromatic N) is 1. The summed E-state index contributed by atoms with van der Waals surface area (Å²) in [6.45, 7) is 3.33. The summed E-state index contributed by atoms with van der Waals surface area (Å²) in [5, 5.41) is 0.693. The minimum Gasteiger partial charge on any atom is -0.392 e. The molecule has 1 aromatic heterocycles. The van der Waals surface area contributed by atoms with Crippen LogP contribution in [0.1, 0.15) is 11.9 Å². The van der Waals surface area contributed by atoms with Crippen LogP contribution in [0.4, 0.5) is 0 Å². The van der Waals surface area contributed by atoms with Crippen molar-refractivity contribution in [2.45, 2.75) is 24.1 Å². The van der Waals surface area contributed by atoms with Crippen LogP contribution in [-0.4, -0.2) is 24.4 Å². The van der Waals surface area contributed by atoms with Crippen LogP contribution >= 0.6 is 23.6 Å². The Labute approximate surface area is 97.8 Å². The Morgan fingerprint density at radius 1 is 1.73 bits per heavy atom. The maximum absolute atomic E-state index is 11.7. The average Bonchev–Trinajstić information content (AvgIpc) is 2.51. The zero-order valence-corrected chi connectivity index (χ0v) is 10.7. The van der Waals surface area contributed by atoms with Gasteiger partial charge in [-0.05, 0) is 13.8 Å². The zero-order valence-electron chi connectivity index (χ0n) is 8.22. The van der Waals surface area contributed by atoms with Crippen molar-refractivity contribution in [2.24, 2.45) is 5.73 Å². The molecule has 15 heavy (non-hydrogen) atoms. The number of rotatable bonds is 4. The molecule has 1 aromatic rings. The van der Waals surface area contributed by atoms with Crippen LogP contribution in [0, 0.1) is 6.92 Å². The van der Waals surface area contributed by atoms with Crippen molar-refractivity contribution < 1.29 is 8.42 Å². The molecule has 0 amide bonds. The zero-order chi connectivity index (χ0) is 11.6. The fourth-order valence-electron chi connectivity index (χ4n) is 0.815. The molecule has 0 saturated carbocycles. The van der Waals surface area contributed by atoms with Gasteiger partial charge in [0, 0.05) is 0 Å². The quantitative estimate of drug-likeness (QED) is 0.770. The fourth-order valence-corrected chi connectivity index (χ4v) is 3.30. The minimum absolute atomic E-state index is 0.111. The highest BCUT2D eigenvalue weighted by atomic mass is 32.2. The first-order valence-corrected chi connectivity index (χ1v) is 6.78. The first kappa shape index (κ1) is 12.5. The van der Waals surface area contributed by atoms with E-state index in [9.17, 15) is 8.42 Å². The second-order valence-electron chi connectivity index (χ2n) is 2.94. The SMILES string of the molecule is Cc1ncc(S(=O)(=O)NC(C)C(N)=S)s1. The Kier molecular flexibility index (Phi) is 3.77. The Morgan fingerprint density at radius 2 is 2.33 bits per heavy atom. The Morgan fingerprint density at radius 3 is 2.73 bits per heavy atom. The number of sulfonamides is 1. The molecule has 1 unspecified atom stereocenters. The maximum Gasteiger partial charge on any atom is 0.252 e. The standard InChI is InChI=1S/C7H11N3O2S3/c1-4(7(8)13)10-15(11,12)6-3-9-5(2)14-6/h3-4,10H,1-2H3,(H2,8,13). The lowest BCUT2D eigenvalue weighted by molar-refractivity contribution is 0.581. The molecule has 0 aliphatic heterocycles. The third-order valence-electron chi connectivity index (χ3n) is 1.62. The lowest BCUT2D eigenvalue weighted by atomic mass is 10.4. The van der Waals surface area contributed by atoms with Crippen LogP contribution in [0.3, 0.4) is 0 Å². The van der Waals surface area contributed by atoms with Gasteiger partial charge in [-0.25, -0.2) is 18.1 Å². The van der Waals surface area contributed by atoms with Gasteiger partial charge in [-0.2, -0.15) is 0 Å². The molecule has 0 spiro atoms. The first-order valence-electron chi connectivity index (χ1n) is 4.07. The van der Waals surface area contributed by atoms with Crippen LogP contribution < -0.4 is 10.5 Å². The third-order valence-corrected chi connectivity index (χ3v) is 4.89. The van der Waals surface area contributed by atoms with Gasteiger partial charge in [0.25, 0.3) is 10.0 Å². The summed E-state index contributed by atoms with van der Waals surface area (Å²) in [6, 6.07) is -0.563. The highest BCUT2D eigenvalue weighted by Crippen LogP contribution is 2.17. The molecule has 1 heterocycles. The number of hydrogen-bond donors (Lipinski definition) is 2. The van der Waals surface area contributed by atoms with E-state index in [4.69, 9.17) is 5.73 Å². The molecular formula is C7H11N3O2S3. The summed E-state index contributed by atoms with van der Waals surface area (Å²) in [5.74, 6) is 0. The molecule has 0 bridgehead atoms. The van der Waals surface area contributed by atoms with Crippen molar-refractivity contribution in [2.75, 3.05) is 0 Å². The number of nitrogens with one attached hydrogen (secondary N) is 1. The molecule has 0 fully saturated rings. The van der Waals surface area contributed by atoms with E-state index in [1.54, 1.807) is 13.8 Å². The molecule has 8 heteroatoms. The molecule has 0 aliphatic rings. The predicted molar refractivity (Wildman–Crippen MR) is 63.4 cm³/mol. The normalized spacial score (nSPS) is 13.7. The van der Waals surface area contributed by atoms with E-state index in [0.717, 1.165) is 11.3 Å². The smallest absolute Gasteiger partial charge is 0.252 e. The van der Waals surface area contributed by atoms with Gasteiger partial charge in [-0.15, -0.1) is 11.3 Å². The number of aryl methyl sites for hydroxylation is 1. The van der Waals surface area contributed by atoms with Crippen molar-refractivity contribution in [3.63, 3.8) is 0 Å². The number of nitrogens with two attached hydrogens (primary N) is 1. The van der Waals surface area contributed by atoms with Crippen LogP contribution in [-0.2, 0) is 10.0 Å². The van der Waals surface area contributed by atoms with Gasteiger partial charge < -0.3 is 5.73 Å². The molecule has 5 nitrogen and oxygen atoms in total. The Bertz CT molecular complexity index is 466.